The molecule has 1 aliphatic heterocycles. The average molecular weight is 317 g/mol. The van der Waals surface area contributed by atoms with E-state index >= 15 is 0 Å². The number of amides is 1. The normalized spacial score (nSPS) is 17.5. The molecule has 1 atom stereocenters. The SMILES string of the molecule is CCCC(CCC)C(=O)N1CCC(C(O)c2ccccc2)CC1. The Balaban J connectivity index is 1.89. The number of benzene rings is 1. The topological polar surface area (TPSA) is 40.5 Å². The fourth-order valence-corrected chi connectivity index (χ4v) is 3.70. The Morgan fingerprint density at radius 3 is 2.22 bits per heavy atom. The van der Waals surface area contributed by atoms with Crippen molar-refractivity contribution in [3.8, 4) is 0 Å². The lowest BCUT2D eigenvalue weighted by Gasteiger charge is -2.36. The molecule has 1 aromatic rings. The molecular weight excluding hydrogens is 286 g/mol. The first-order valence-corrected chi connectivity index (χ1v) is 9.19. The number of nitrogens with zero attached hydrogens (tertiary/aromatic N) is 1. The van der Waals surface area contributed by atoms with Gasteiger partial charge in [-0.15, -0.1) is 0 Å². The maximum atomic E-state index is 12.7. The Morgan fingerprint density at radius 1 is 1.13 bits per heavy atom. The van der Waals surface area contributed by atoms with Crippen molar-refractivity contribution in [3.63, 3.8) is 0 Å². The van der Waals surface area contributed by atoms with Crippen LogP contribution in [0, 0.1) is 11.8 Å². The highest BCUT2D eigenvalue weighted by Gasteiger charge is 2.30. The number of rotatable bonds is 7. The van der Waals surface area contributed by atoms with Gasteiger partial charge in [0.2, 0.25) is 5.91 Å². The molecular formula is C20H31NO2. The number of hydrogen-bond donors (Lipinski definition) is 1. The van der Waals surface area contributed by atoms with Gasteiger partial charge in [-0.05, 0) is 37.2 Å². The smallest absolute Gasteiger partial charge is 0.225 e. The Morgan fingerprint density at radius 2 is 1.70 bits per heavy atom. The zero-order chi connectivity index (χ0) is 16.7. The number of piperidine rings is 1. The van der Waals surface area contributed by atoms with Crippen molar-refractivity contribution in [2.75, 3.05) is 13.1 Å². The summed E-state index contributed by atoms with van der Waals surface area (Å²) in [6.07, 6.45) is 5.52. The molecule has 0 bridgehead atoms. The molecule has 1 amide bonds. The molecule has 1 saturated heterocycles. The fraction of sp³-hybridized carbons (Fsp3) is 0.650. The molecule has 3 nitrogen and oxygen atoms in total. The molecule has 1 heterocycles. The third-order valence-electron chi connectivity index (χ3n) is 5.06. The first kappa shape index (κ1) is 18.0. The number of aliphatic hydroxyl groups excluding tert-OH is 1. The van der Waals surface area contributed by atoms with Crippen LogP contribution in [-0.4, -0.2) is 29.0 Å². The molecule has 0 aromatic heterocycles. The summed E-state index contributed by atoms with van der Waals surface area (Å²) < 4.78 is 0. The van der Waals surface area contributed by atoms with Crippen LogP contribution in [0.1, 0.15) is 64.0 Å². The number of likely N-dealkylation sites (tertiary alicyclic amines) is 1. The predicted octanol–water partition coefficient (Wildman–Crippen LogP) is 4.18. The standard InChI is InChI=1S/C20H31NO2/c1-3-8-18(9-4-2)20(23)21-14-12-17(13-15-21)19(22)16-10-6-5-7-11-16/h5-7,10-11,17-19,22H,3-4,8-9,12-15H2,1-2H3. The van der Waals surface area contributed by atoms with Crippen LogP contribution in [0.15, 0.2) is 30.3 Å². The number of carbonyl (C=O) groups is 1. The van der Waals surface area contributed by atoms with E-state index in [0.29, 0.717) is 5.91 Å². The highest BCUT2D eigenvalue weighted by molar-refractivity contribution is 5.78. The van der Waals surface area contributed by atoms with E-state index in [2.05, 4.69) is 13.8 Å². The van der Waals surface area contributed by atoms with Gasteiger partial charge in [0.05, 0.1) is 6.10 Å². The fourth-order valence-electron chi connectivity index (χ4n) is 3.70. The van der Waals surface area contributed by atoms with Crippen molar-refractivity contribution in [3.05, 3.63) is 35.9 Å². The van der Waals surface area contributed by atoms with Crippen LogP contribution in [0.25, 0.3) is 0 Å². The molecule has 3 heteroatoms. The maximum absolute atomic E-state index is 12.7. The van der Waals surface area contributed by atoms with E-state index in [4.69, 9.17) is 0 Å². The summed E-state index contributed by atoms with van der Waals surface area (Å²) in [6.45, 7) is 5.88. The van der Waals surface area contributed by atoms with Crippen LogP contribution >= 0.6 is 0 Å². The molecule has 1 unspecified atom stereocenters. The van der Waals surface area contributed by atoms with Gasteiger partial charge in [-0.2, -0.15) is 0 Å². The summed E-state index contributed by atoms with van der Waals surface area (Å²) in [6, 6.07) is 9.88. The van der Waals surface area contributed by atoms with Crippen molar-refractivity contribution in [2.24, 2.45) is 11.8 Å². The molecule has 1 aliphatic rings. The van der Waals surface area contributed by atoms with Crippen LogP contribution < -0.4 is 0 Å². The molecule has 1 N–H and O–H groups in total. The van der Waals surface area contributed by atoms with Gasteiger partial charge < -0.3 is 10.0 Å². The summed E-state index contributed by atoms with van der Waals surface area (Å²) in [5, 5.41) is 10.5. The molecule has 1 aromatic carbocycles. The average Bonchev–Trinajstić information content (AvgIpc) is 2.61. The van der Waals surface area contributed by atoms with E-state index in [-0.39, 0.29) is 11.8 Å². The van der Waals surface area contributed by atoms with E-state index in [0.717, 1.165) is 57.2 Å². The largest absolute Gasteiger partial charge is 0.388 e. The first-order chi connectivity index (χ1) is 11.2. The first-order valence-electron chi connectivity index (χ1n) is 9.19. The van der Waals surface area contributed by atoms with E-state index in [9.17, 15) is 9.90 Å². The van der Waals surface area contributed by atoms with Crippen molar-refractivity contribution in [1.82, 2.24) is 4.90 Å². The molecule has 23 heavy (non-hydrogen) atoms. The third-order valence-corrected chi connectivity index (χ3v) is 5.06. The minimum Gasteiger partial charge on any atom is -0.388 e. The lowest BCUT2D eigenvalue weighted by molar-refractivity contribution is -0.138. The molecule has 128 valence electrons. The molecule has 0 aliphatic carbocycles. The van der Waals surface area contributed by atoms with Crippen LogP contribution in [-0.2, 0) is 4.79 Å². The van der Waals surface area contributed by atoms with E-state index < -0.39 is 6.10 Å². The van der Waals surface area contributed by atoms with E-state index in [1.165, 1.54) is 0 Å². The molecule has 0 radical (unpaired) electrons. The lowest BCUT2D eigenvalue weighted by atomic mass is 9.86. The molecule has 0 spiro atoms. The van der Waals surface area contributed by atoms with Gasteiger partial charge in [-0.3, -0.25) is 4.79 Å². The lowest BCUT2D eigenvalue weighted by Crippen LogP contribution is -2.42. The zero-order valence-corrected chi connectivity index (χ0v) is 14.6. The minimum atomic E-state index is -0.407. The minimum absolute atomic E-state index is 0.195. The Kier molecular flexibility index (Phi) is 7.10. The van der Waals surface area contributed by atoms with Crippen molar-refractivity contribution < 1.29 is 9.90 Å². The Labute approximate surface area is 140 Å². The number of carbonyl (C=O) groups excluding carboxylic acids is 1. The van der Waals surface area contributed by atoms with Crippen LogP contribution in [0.3, 0.4) is 0 Å². The van der Waals surface area contributed by atoms with Gasteiger partial charge in [0.1, 0.15) is 0 Å². The summed E-state index contributed by atoms with van der Waals surface area (Å²) in [5.41, 5.74) is 0.993. The summed E-state index contributed by atoms with van der Waals surface area (Å²) >= 11 is 0. The van der Waals surface area contributed by atoms with Gasteiger partial charge in [-0.25, -0.2) is 0 Å². The van der Waals surface area contributed by atoms with Gasteiger partial charge in [-0.1, -0.05) is 57.0 Å². The molecule has 0 saturated carbocycles. The van der Waals surface area contributed by atoms with Crippen LogP contribution in [0.5, 0.6) is 0 Å². The highest BCUT2D eigenvalue weighted by atomic mass is 16.3. The van der Waals surface area contributed by atoms with Crippen LogP contribution in [0.2, 0.25) is 0 Å². The monoisotopic (exact) mass is 317 g/mol. The Hall–Kier alpha value is -1.35. The number of hydrogen-bond acceptors (Lipinski definition) is 2. The van der Waals surface area contributed by atoms with Crippen molar-refractivity contribution in [1.29, 1.82) is 0 Å². The quantitative estimate of drug-likeness (QED) is 0.819. The predicted molar refractivity (Wildman–Crippen MR) is 94.0 cm³/mol. The van der Waals surface area contributed by atoms with Gasteiger partial charge >= 0.3 is 0 Å². The Bertz CT molecular complexity index is 460. The van der Waals surface area contributed by atoms with Gasteiger partial charge in [0, 0.05) is 19.0 Å². The highest BCUT2D eigenvalue weighted by Crippen LogP contribution is 2.31. The number of aliphatic hydroxyl groups is 1. The zero-order valence-electron chi connectivity index (χ0n) is 14.6. The maximum Gasteiger partial charge on any atom is 0.225 e. The molecule has 1 fully saturated rings. The summed E-state index contributed by atoms with van der Waals surface area (Å²) in [7, 11) is 0. The van der Waals surface area contributed by atoms with Crippen molar-refractivity contribution in [2.45, 2.75) is 58.5 Å². The second kappa shape index (κ2) is 9.07. The second-order valence-corrected chi connectivity index (χ2v) is 6.79. The second-order valence-electron chi connectivity index (χ2n) is 6.79. The summed E-state index contributed by atoms with van der Waals surface area (Å²) in [4.78, 5) is 14.7. The van der Waals surface area contributed by atoms with Gasteiger partial charge in [0.25, 0.3) is 0 Å². The molecule has 2 rings (SSSR count). The van der Waals surface area contributed by atoms with E-state index in [1.54, 1.807) is 0 Å². The van der Waals surface area contributed by atoms with Gasteiger partial charge in [0.15, 0.2) is 0 Å². The summed E-state index contributed by atoms with van der Waals surface area (Å²) in [5.74, 6) is 0.791. The van der Waals surface area contributed by atoms with Crippen LogP contribution in [0.4, 0.5) is 0 Å². The third kappa shape index (κ3) is 4.81. The van der Waals surface area contributed by atoms with E-state index in [1.807, 2.05) is 35.2 Å². The van der Waals surface area contributed by atoms with Crippen molar-refractivity contribution >= 4 is 5.91 Å².